The summed E-state index contributed by atoms with van der Waals surface area (Å²) in [5.74, 6) is 0.0882. The van der Waals surface area contributed by atoms with Gasteiger partial charge in [-0.1, -0.05) is 68.3 Å². The monoisotopic (exact) mass is 593 g/mol. The summed E-state index contributed by atoms with van der Waals surface area (Å²) in [6, 6.07) is 20.1. The third-order valence-electron chi connectivity index (χ3n) is 6.83. The van der Waals surface area contributed by atoms with Gasteiger partial charge in [0.2, 0.25) is 11.8 Å². The van der Waals surface area contributed by atoms with Gasteiger partial charge in [0.1, 0.15) is 18.3 Å². The Labute approximate surface area is 250 Å². The van der Waals surface area contributed by atoms with Crippen molar-refractivity contribution in [2.45, 2.75) is 65.4 Å². The van der Waals surface area contributed by atoms with Crippen LogP contribution in [0.5, 0.6) is 5.75 Å². The minimum Gasteiger partial charge on any atom is -0.494 e. The van der Waals surface area contributed by atoms with Gasteiger partial charge in [0.15, 0.2) is 0 Å². The molecular weight excluding hydrogens is 550 g/mol. The normalized spacial score (nSPS) is 12.1. The zero-order valence-electron chi connectivity index (χ0n) is 25.5. The van der Waals surface area contributed by atoms with Gasteiger partial charge in [-0.3, -0.25) is 13.9 Å². The van der Waals surface area contributed by atoms with Crippen molar-refractivity contribution < 1.29 is 22.7 Å². The Balaban J connectivity index is 2.05. The Morgan fingerprint density at radius 1 is 0.905 bits per heavy atom. The van der Waals surface area contributed by atoms with E-state index in [9.17, 15) is 18.0 Å². The molecule has 0 saturated heterocycles. The number of amides is 2. The molecular formula is C33H43N3O5S. The molecule has 1 N–H and O–H groups in total. The van der Waals surface area contributed by atoms with Crippen LogP contribution in [0.4, 0.5) is 5.69 Å². The summed E-state index contributed by atoms with van der Waals surface area (Å²) in [5, 5.41) is 2.95. The number of nitrogens with one attached hydrogen (secondary N) is 1. The van der Waals surface area contributed by atoms with Crippen LogP contribution in [0.2, 0.25) is 0 Å². The second kappa shape index (κ2) is 14.9. The summed E-state index contributed by atoms with van der Waals surface area (Å²) in [6.45, 7) is 12.2. The van der Waals surface area contributed by atoms with Crippen molar-refractivity contribution in [3.05, 3.63) is 89.5 Å². The Kier molecular flexibility index (Phi) is 11.6. The van der Waals surface area contributed by atoms with Crippen LogP contribution in [0.25, 0.3) is 0 Å². The molecule has 3 aromatic rings. The average Bonchev–Trinajstić information content (AvgIpc) is 2.95. The molecule has 0 aliphatic heterocycles. The first-order valence-corrected chi connectivity index (χ1v) is 15.8. The molecule has 3 aromatic carbocycles. The first-order valence-electron chi connectivity index (χ1n) is 14.4. The van der Waals surface area contributed by atoms with Crippen molar-refractivity contribution in [3.63, 3.8) is 0 Å². The van der Waals surface area contributed by atoms with E-state index >= 15 is 0 Å². The van der Waals surface area contributed by atoms with Crippen LogP contribution in [0, 0.1) is 19.8 Å². The molecule has 0 unspecified atom stereocenters. The fraction of sp³-hybridized carbons (Fsp3) is 0.394. The molecule has 0 spiro atoms. The van der Waals surface area contributed by atoms with Crippen LogP contribution in [0.15, 0.2) is 77.7 Å². The van der Waals surface area contributed by atoms with Gasteiger partial charge in [-0.25, -0.2) is 8.42 Å². The Morgan fingerprint density at radius 3 is 2.14 bits per heavy atom. The predicted octanol–water partition coefficient (Wildman–Crippen LogP) is 5.48. The van der Waals surface area contributed by atoms with E-state index in [1.54, 1.807) is 36.4 Å². The van der Waals surface area contributed by atoms with Crippen molar-refractivity contribution >= 4 is 27.5 Å². The van der Waals surface area contributed by atoms with Crippen molar-refractivity contribution in [2.24, 2.45) is 5.92 Å². The van der Waals surface area contributed by atoms with Crippen LogP contribution >= 0.6 is 0 Å². The highest BCUT2D eigenvalue weighted by molar-refractivity contribution is 7.92. The summed E-state index contributed by atoms with van der Waals surface area (Å²) in [5.41, 5.74) is 3.11. The number of aryl methyl sites for hydroxylation is 2. The van der Waals surface area contributed by atoms with E-state index in [1.807, 2.05) is 65.8 Å². The zero-order valence-corrected chi connectivity index (χ0v) is 26.3. The van der Waals surface area contributed by atoms with Crippen LogP contribution in [-0.4, -0.2) is 50.9 Å². The lowest BCUT2D eigenvalue weighted by atomic mass is 10.1. The molecule has 2 amide bonds. The molecule has 0 aliphatic carbocycles. The highest BCUT2D eigenvalue weighted by atomic mass is 32.2. The molecule has 0 aromatic heterocycles. The highest BCUT2D eigenvalue weighted by Gasteiger charge is 2.33. The van der Waals surface area contributed by atoms with E-state index in [2.05, 4.69) is 5.32 Å². The van der Waals surface area contributed by atoms with E-state index in [4.69, 9.17) is 4.74 Å². The molecule has 226 valence electrons. The minimum atomic E-state index is -4.13. The zero-order chi connectivity index (χ0) is 30.9. The van der Waals surface area contributed by atoms with Gasteiger partial charge in [0.05, 0.1) is 17.2 Å². The lowest BCUT2D eigenvalue weighted by molar-refractivity contribution is -0.140. The molecule has 3 rings (SSSR count). The van der Waals surface area contributed by atoms with Gasteiger partial charge in [0.25, 0.3) is 10.0 Å². The molecule has 0 bridgehead atoms. The van der Waals surface area contributed by atoms with Gasteiger partial charge in [-0.15, -0.1) is 0 Å². The van der Waals surface area contributed by atoms with E-state index in [1.165, 1.54) is 17.0 Å². The summed E-state index contributed by atoms with van der Waals surface area (Å²) >= 11 is 0. The number of carbonyl (C=O) groups excluding carboxylic acids is 2. The van der Waals surface area contributed by atoms with Crippen LogP contribution < -0.4 is 14.4 Å². The largest absolute Gasteiger partial charge is 0.494 e. The van der Waals surface area contributed by atoms with E-state index in [0.29, 0.717) is 31.0 Å². The van der Waals surface area contributed by atoms with Gasteiger partial charge in [-0.05, 0) is 75.1 Å². The lowest BCUT2D eigenvalue weighted by Gasteiger charge is -2.33. The molecule has 0 saturated carbocycles. The fourth-order valence-corrected chi connectivity index (χ4v) is 6.00. The maximum atomic E-state index is 14.2. The van der Waals surface area contributed by atoms with Crippen molar-refractivity contribution in [3.8, 4) is 5.75 Å². The molecule has 1 atom stereocenters. The van der Waals surface area contributed by atoms with E-state index < -0.39 is 28.5 Å². The molecule has 9 heteroatoms. The van der Waals surface area contributed by atoms with Crippen LogP contribution in [0.1, 0.15) is 50.8 Å². The summed E-state index contributed by atoms with van der Waals surface area (Å²) in [7, 11) is -4.13. The number of sulfonamides is 1. The Bertz CT molecular complexity index is 1440. The van der Waals surface area contributed by atoms with Gasteiger partial charge in [-0.2, -0.15) is 0 Å². The quantitative estimate of drug-likeness (QED) is 0.267. The van der Waals surface area contributed by atoms with Gasteiger partial charge < -0.3 is 15.0 Å². The number of carbonyl (C=O) groups is 2. The smallest absolute Gasteiger partial charge is 0.264 e. The van der Waals surface area contributed by atoms with Crippen LogP contribution in [0.3, 0.4) is 0 Å². The first kappa shape index (κ1) is 32.7. The third kappa shape index (κ3) is 8.58. The molecule has 0 heterocycles. The predicted molar refractivity (Wildman–Crippen MR) is 167 cm³/mol. The minimum absolute atomic E-state index is 0.0711. The number of hydrogen-bond acceptors (Lipinski definition) is 5. The number of anilines is 1. The summed E-state index contributed by atoms with van der Waals surface area (Å²) in [4.78, 5) is 29.1. The third-order valence-corrected chi connectivity index (χ3v) is 8.62. The molecule has 8 nitrogen and oxygen atoms in total. The SMILES string of the molecule is CCOc1ccc(N(CC(=O)N(Cc2cccc(C)c2)[C@H](CC)C(=O)NCC(C)C)S(=O)(=O)c2ccc(C)cc2)cc1. The average molecular weight is 594 g/mol. The van der Waals surface area contributed by atoms with Crippen molar-refractivity contribution in [1.82, 2.24) is 10.2 Å². The fourth-order valence-electron chi connectivity index (χ4n) is 4.59. The summed E-state index contributed by atoms with van der Waals surface area (Å²) < 4.78 is 34.7. The Hall–Kier alpha value is -3.85. The number of hydrogen-bond donors (Lipinski definition) is 1. The second-order valence-corrected chi connectivity index (χ2v) is 12.7. The van der Waals surface area contributed by atoms with Crippen molar-refractivity contribution in [1.29, 1.82) is 0 Å². The van der Waals surface area contributed by atoms with Gasteiger partial charge >= 0.3 is 0 Å². The van der Waals surface area contributed by atoms with Gasteiger partial charge in [0, 0.05) is 13.1 Å². The highest BCUT2D eigenvalue weighted by Crippen LogP contribution is 2.27. The molecule has 0 aliphatic rings. The maximum Gasteiger partial charge on any atom is 0.264 e. The van der Waals surface area contributed by atoms with Crippen molar-refractivity contribution in [2.75, 3.05) is 24.0 Å². The summed E-state index contributed by atoms with van der Waals surface area (Å²) in [6.07, 6.45) is 0.370. The lowest BCUT2D eigenvalue weighted by Crippen LogP contribution is -2.52. The number of rotatable bonds is 14. The first-order chi connectivity index (χ1) is 20.0. The Morgan fingerprint density at radius 2 is 1.57 bits per heavy atom. The molecule has 42 heavy (non-hydrogen) atoms. The molecule has 0 radical (unpaired) electrons. The number of benzene rings is 3. The second-order valence-electron chi connectivity index (χ2n) is 10.8. The maximum absolute atomic E-state index is 14.2. The topological polar surface area (TPSA) is 96.0 Å². The number of nitrogens with zero attached hydrogens (tertiary/aromatic N) is 2. The van der Waals surface area contributed by atoms with Crippen LogP contribution in [-0.2, 0) is 26.2 Å². The van der Waals surface area contributed by atoms with E-state index in [0.717, 1.165) is 21.0 Å². The molecule has 0 fully saturated rings. The van der Waals surface area contributed by atoms with E-state index in [-0.39, 0.29) is 23.3 Å². The number of ether oxygens (including phenoxy) is 1. The standard InChI is InChI=1S/C33H43N3O5S/c1-7-31(33(38)34-21-24(3)4)35(22-27-11-9-10-26(6)20-27)32(37)23-36(28-14-16-29(17-15-28)41-8-2)42(39,40)30-18-12-25(5)13-19-30/h9-20,24,31H,7-8,21-23H2,1-6H3,(H,34,38)/t31-/m1/s1.